The molecule has 1 aromatic carbocycles. The van der Waals surface area contributed by atoms with Crippen LogP contribution in [0.15, 0.2) is 29.0 Å². The standard InChI is InChI=1S/C11H9BrN4O4/c1-19-9-10(13)14-5-15-11(9)20-7-4-2-3-6(8(7)12)16(17)18/h2-5H,1H3,(H2,13,14,15). The van der Waals surface area contributed by atoms with E-state index in [-0.39, 0.29) is 33.4 Å². The van der Waals surface area contributed by atoms with Crippen molar-refractivity contribution < 1.29 is 14.4 Å². The molecule has 1 aromatic heterocycles. The zero-order chi connectivity index (χ0) is 14.7. The number of anilines is 1. The maximum absolute atomic E-state index is 10.9. The zero-order valence-electron chi connectivity index (χ0n) is 10.2. The topological polar surface area (TPSA) is 113 Å². The van der Waals surface area contributed by atoms with E-state index in [1.165, 1.54) is 25.6 Å². The van der Waals surface area contributed by atoms with Crippen LogP contribution in [0.3, 0.4) is 0 Å². The normalized spacial score (nSPS) is 10.1. The van der Waals surface area contributed by atoms with E-state index in [1.54, 1.807) is 6.07 Å². The summed E-state index contributed by atoms with van der Waals surface area (Å²) in [4.78, 5) is 18.0. The van der Waals surface area contributed by atoms with Gasteiger partial charge in [0.1, 0.15) is 10.8 Å². The number of methoxy groups -OCH3 is 1. The number of nitrogens with two attached hydrogens (primary N) is 1. The quantitative estimate of drug-likeness (QED) is 0.671. The Morgan fingerprint density at radius 3 is 2.80 bits per heavy atom. The number of nitro benzene ring substituents is 1. The van der Waals surface area contributed by atoms with Crippen LogP contribution in [0, 0.1) is 10.1 Å². The lowest BCUT2D eigenvalue weighted by Gasteiger charge is -2.10. The van der Waals surface area contributed by atoms with Crippen molar-refractivity contribution in [2.75, 3.05) is 12.8 Å². The second kappa shape index (κ2) is 5.70. The van der Waals surface area contributed by atoms with Crippen molar-refractivity contribution in [1.29, 1.82) is 0 Å². The van der Waals surface area contributed by atoms with Crippen LogP contribution in [0.4, 0.5) is 11.5 Å². The summed E-state index contributed by atoms with van der Waals surface area (Å²) in [5.41, 5.74) is 5.50. The molecule has 0 amide bonds. The molecule has 0 radical (unpaired) electrons. The number of benzene rings is 1. The van der Waals surface area contributed by atoms with Gasteiger partial charge in [-0.25, -0.2) is 4.98 Å². The highest BCUT2D eigenvalue weighted by Gasteiger charge is 2.19. The van der Waals surface area contributed by atoms with Gasteiger partial charge in [-0.2, -0.15) is 4.98 Å². The Labute approximate surface area is 121 Å². The Hall–Kier alpha value is -2.42. The van der Waals surface area contributed by atoms with E-state index in [0.717, 1.165) is 0 Å². The zero-order valence-corrected chi connectivity index (χ0v) is 11.8. The van der Waals surface area contributed by atoms with Crippen LogP contribution in [0.5, 0.6) is 17.4 Å². The smallest absolute Gasteiger partial charge is 0.287 e. The highest BCUT2D eigenvalue weighted by atomic mass is 79.9. The van der Waals surface area contributed by atoms with E-state index in [2.05, 4.69) is 25.9 Å². The predicted octanol–water partition coefficient (Wildman–Crippen LogP) is 2.53. The Kier molecular flexibility index (Phi) is 3.99. The van der Waals surface area contributed by atoms with Crippen LogP contribution in [0.25, 0.3) is 0 Å². The van der Waals surface area contributed by atoms with Gasteiger partial charge in [-0.15, -0.1) is 0 Å². The fraction of sp³-hybridized carbons (Fsp3) is 0.0909. The first kappa shape index (κ1) is 14.0. The Morgan fingerprint density at radius 1 is 1.40 bits per heavy atom. The van der Waals surface area contributed by atoms with Crippen molar-refractivity contribution in [2.45, 2.75) is 0 Å². The molecule has 0 aliphatic heterocycles. The molecule has 2 N–H and O–H groups in total. The molecule has 0 saturated carbocycles. The van der Waals surface area contributed by atoms with Gasteiger partial charge in [0.2, 0.25) is 5.75 Å². The highest BCUT2D eigenvalue weighted by Crippen LogP contribution is 2.39. The molecule has 0 fully saturated rings. The number of rotatable bonds is 4. The molecule has 0 unspecified atom stereocenters. The van der Waals surface area contributed by atoms with Crippen molar-refractivity contribution in [3.05, 3.63) is 39.1 Å². The number of halogens is 1. The lowest BCUT2D eigenvalue weighted by Crippen LogP contribution is -2.00. The third-order valence-corrected chi connectivity index (χ3v) is 3.15. The summed E-state index contributed by atoms with van der Waals surface area (Å²) in [7, 11) is 1.39. The summed E-state index contributed by atoms with van der Waals surface area (Å²) in [5.74, 6) is 0.557. The van der Waals surface area contributed by atoms with Gasteiger partial charge in [-0.05, 0) is 22.0 Å². The number of hydrogen-bond acceptors (Lipinski definition) is 7. The van der Waals surface area contributed by atoms with Gasteiger partial charge in [0.25, 0.3) is 11.6 Å². The predicted molar refractivity (Wildman–Crippen MR) is 73.9 cm³/mol. The molecule has 0 bridgehead atoms. The number of ether oxygens (including phenoxy) is 2. The lowest BCUT2D eigenvalue weighted by molar-refractivity contribution is -0.385. The summed E-state index contributed by atoms with van der Waals surface area (Å²) >= 11 is 3.12. The molecule has 0 spiro atoms. The maximum atomic E-state index is 10.9. The van der Waals surface area contributed by atoms with E-state index in [1.807, 2.05) is 0 Å². The van der Waals surface area contributed by atoms with Gasteiger partial charge in [0.15, 0.2) is 11.6 Å². The van der Waals surface area contributed by atoms with Gasteiger partial charge in [-0.1, -0.05) is 6.07 Å². The molecule has 9 heteroatoms. The van der Waals surface area contributed by atoms with Gasteiger partial charge in [0, 0.05) is 6.07 Å². The van der Waals surface area contributed by atoms with E-state index < -0.39 is 4.92 Å². The van der Waals surface area contributed by atoms with Gasteiger partial charge >= 0.3 is 0 Å². The Morgan fingerprint density at radius 2 is 2.15 bits per heavy atom. The van der Waals surface area contributed by atoms with Gasteiger partial charge < -0.3 is 15.2 Å². The van der Waals surface area contributed by atoms with Crippen LogP contribution in [-0.4, -0.2) is 22.0 Å². The van der Waals surface area contributed by atoms with E-state index in [4.69, 9.17) is 15.2 Å². The first-order valence-corrected chi connectivity index (χ1v) is 6.09. The van der Waals surface area contributed by atoms with Crippen molar-refractivity contribution in [2.24, 2.45) is 0 Å². The number of aromatic nitrogens is 2. The number of nitrogen functional groups attached to an aromatic ring is 1. The van der Waals surface area contributed by atoms with Crippen molar-refractivity contribution in [3.8, 4) is 17.4 Å². The molecular weight excluding hydrogens is 332 g/mol. The third-order valence-electron chi connectivity index (χ3n) is 2.35. The first-order chi connectivity index (χ1) is 9.54. The minimum Gasteiger partial charge on any atom is -0.489 e. The molecule has 2 aromatic rings. The van der Waals surface area contributed by atoms with E-state index in [9.17, 15) is 10.1 Å². The minimum atomic E-state index is -0.525. The first-order valence-electron chi connectivity index (χ1n) is 5.29. The number of nitrogens with zero attached hydrogens (tertiary/aromatic N) is 3. The average Bonchev–Trinajstić information content (AvgIpc) is 2.41. The summed E-state index contributed by atoms with van der Waals surface area (Å²) in [6.45, 7) is 0. The molecule has 2 rings (SSSR count). The molecule has 104 valence electrons. The van der Waals surface area contributed by atoms with E-state index >= 15 is 0 Å². The molecular formula is C11H9BrN4O4. The van der Waals surface area contributed by atoms with Gasteiger partial charge in [-0.3, -0.25) is 10.1 Å². The highest BCUT2D eigenvalue weighted by molar-refractivity contribution is 9.10. The van der Waals surface area contributed by atoms with E-state index in [0.29, 0.717) is 0 Å². The maximum Gasteiger partial charge on any atom is 0.287 e. The fourth-order valence-corrected chi connectivity index (χ4v) is 1.95. The van der Waals surface area contributed by atoms with Crippen LogP contribution in [0.2, 0.25) is 0 Å². The second-order valence-corrected chi connectivity index (χ2v) is 4.34. The summed E-state index contributed by atoms with van der Waals surface area (Å²) in [5, 5.41) is 10.9. The Balaban J connectivity index is 2.43. The number of nitro groups is 1. The van der Waals surface area contributed by atoms with Crippen LogP contribution in [0.1, 0.15) is 0 Å². The fourth-order valence-electron chi connectivity index (χ4n) is 1.46. The van der Waals surface area contributed by atoms with Crippen LogP contribution in [-0.2, 0) is 0 Å². The summed E-state index contributed by atoms with van der Waals surface area (Å²) in [6.07, 6.45) is 1.21. The van der Waals surface area contributed by atoms with Gasteiger partial charge in [0.05, 0.1) is 12.0 Å². The second-order valence-electron chi connectivity index (χ2n) is 3.55. The molecule has 0 aliphatic carbocycles. The number of hydrogen-bond donors (Lipinski definition) is 1. The monoisotopic (exact) mass is 340 g/mol. The van der Waals surface area contributed by atoms with Crippen LogP contribution < -0.4 is 15.2 Å². The van der Waals surface area contributed by atoms with Crippen molar-refractivity contribution in [3.63, 3.8) is 0 Å². The van der Waals surface area contributed by atoms with Crippen molar-refractivity contribution >= 4 is 27.4 Å². The molecule has 20 heavy (non-hydrogen) atoms. The SMILES string of the molecule is COc1c(N)ncnc1Oc1cccc([N+](=O)[O-])c1Br. The van der Waals surface area contributed by atoms with Crippen LogP contribution >= 0.6 is 15.9 Å². The summed E-state index contributed by atoms with van der Waals surface area (Å²) < 4.78 is 10.7. The molecule has 0 aliphatic rings. The molecule has 0 saturated heterocycles. The van der Waals surface area contributed by atoms with Crippen molar-refractivity contribution in [1.82, 2.24) is 9.97 Å². The minimum absolute atomic E-state index is 0.0706. The molecule has 8 nitrogen and oxygen atoms in total. The average molecular weight is 341 g/mol. The lowest BCUT2D eigenvalue weighted by atomic mass is 10.3. The largest absolute Gasteiger partial charge is 0.489 e. The molecule has 0 atom stereocenters. The Bertz CT molecular complexity index is 665. The summed E-state index contributed by atoms with van der Waals surface area (Å²) in [6, 6.07) is 4.40. The third kappa shape index (κ3) is 2.62. The molecule has 1 heterocycles.